The molecule has 1 amide bonds. The molecule has 1 aliphatic rings. The Kier molecular flexibility index (Phi) is 3.18. The van der Waals surface area contributed by atoms with Crippen molar-refractivity contribution in [2.24, 2.45) is 5.41 Å². The highest BCUT2D eigenvalue weighted by Gasteiger charge is 2.31. The van der Waals surface area contributed by atoms with Crippen molar-refractivity contribution in [3.63, 3.8) is 0 Å². The molecule has 1 aromatic rings. The van der Waals surface area contributed by atoms with E-state index in [1.807, 2.05) is 0 Å². The van der Waals surface area contributed by atoms with Crippen LogP contribution < -0.4 is 5.32 Å². The first kappa shape index (κ1) is 12.1. The lowest BCUT2D eigenvalue weighted by Gasteiger charge is -2.17. The minimum absolute atomic E-state index is 0.104. The zero-order valence-electron chi connectivity index (χ0n) is 10.3. The molecule has 2 nitrogen and oxygen atoms in total. The number of hydrogen-bond donors (Lipinski definition) is 1. The van der Waals surface area contributed by atoms with Crippen molar-refractivity contribution in [2.75, 3.05) is 0 Å². The first-order valence-corrected chi connectivity index (χ1v) is 6.03. The maximum absolute atomic E-state index is 12.7. The smallest absolute Gasteiger partial charge is 0.251 e. The molecule has 1 atom stereocenters. The molecule has 1 aliphatic carbocycles. The molecule has 92 valence electrons. The predicted octanol–water partition coefficient (Wildman–Crippen LogP) is 3.13. The summed E-state index contributed by atoms with van der Waals surface area (Å²) in [6.45, 7) is 4.44. The van der Waals surface area contributed by atoms with E-state index >= 15 is 0 Å². The number of rotatable bonds is 2. The van der Waals surface area contributed by atoms with Crippen molar-refractivity contribution in [3.05, 3.63) is 35.6 Å². The first-order valence-electron chi connectivity index (χ1n) is 6.03. The zero-order chi connectivity index (χ0) is 12.5. The SMILES string of the molecule is CC1(C)CCC(NC(=O)c2ccc(F)cc2)C1. The molecule has 0 radical (unpaired) electrons. The molecule has 1 fully saturated rings. The van der Waals surface area contributed by atoms with Crippen LogP contribution in [0, 0.1) is 11.2 Å². The van der Waals surface area contributed by atoms with Crippen LogP contribution in [0.25, 0.3) is 0 Å². The second-order valence-corrected chi connectivity index (χ2v) is 5.58. The summed E-state index contributed by atoms with van der Waals surface area (Å²) in [4.78, 5) is 11.9. The number of halogens is 1. The second-order valence-electron chi connectivity index (χ2n) is 5.58. The van der Waals surface area contributed by atoms with E-state index in [4.69, 9.17) is 0 Å². The topological polar surface area (TPSA) is 29.1 Å². The number of amides is 1. The van der Waals surface area contributed by atoms with Gasteiger partial charge in [-0.05, 0) is 48.9 Å². The number of benzene rings is 1. The first-order chi connectivity index (χ1) is 7.96. The molecule has 0 aromatic heterocycles. The zero-order valence-corrected chi connectivity index (χ0v) is 10.3. The molecule has 0 aliphatic heterocycles. The summed E-state index contributed by atoms with van der Waals surface area (Å²) in [5.41, 5.74) is 0.844. The molecule has 1 saturated carbocycles. The highest BCUT2D eigenvalue weighted by atomic mass is 19.1. The molecule has 2 rings (SSSR count). The minimum Gasteiger partial charge on any atom is -0.349 e. The summed E-state index contributed by atoms with van der Waals surface area (Å²) in [6, 6.07) is 5.92. The van der Waals surface area contributed by atoms with E-state index in [9.17, 15) is 9.18 Å². The Morgan fingerprint density at radius 1 is 1.35 bits per heavy atom. The van der Waals surface area contributed by atoms with Gasteiger partial charge in [0.1, 0.15) is 5.82 Å². The fraction of sp³-hybridized carbons (Fsp3) is 0.500. The summed E-state index contributed by atoms with van der Waals surface area (Å²) in [7, 11) is 0. The van der Waals surface area contributed by atoms with E-state index < -0.39 is 0 Å². The fourth-order valence-electron chi connectivity index (χ4n) is 2.43. The lowest BCUT2D eigenvalue weighted by Crippen LogP contribution is -2.33. The normalized spacial score (nSPS) is 22.4. The van der Waals surface area contributed by atoms with Crippen LogP contribution in [0.1, 0.15) is 43.5 Å². The van der Waals surface area contributed by atoms with Gasteiger partial charge in [0.15, 0.2) is 0 Å². The molecule has 0 bridgehead atoms. The number of carbonyl (C=O) groups excluding carboxylic acids is 1. The maximum atomic E-state index is 12.7. The van der Waals surface area contributed by atoms with Gasteiger partial charge in [-0.3, -0.25) is 4.79 Å². The Morgan fingerprint density at radius 2 is 2.00 bits per heavy atom. The Labute approximate surface area is 101 Å². The molecular weight excluding hydrogens is 217 g/mol. The van der Waals surface area contributed by atoms with Crippen LogP contribution >= 0.6 is 0 Å². The third kappa shape index (κ3) is 3.05. The van der Waals surface area contributed by atoms with Crippen molar-refractivity contribution in [2.45, 2.75) is 39.2 Å². The number of carbonyl (C=O) groups is 1. The lowest BCUT2D eigenvalue weighted by molar-refractivity contribution is 0.0936. The minimum atomic E-state index is -0.316. The average molecular weight is 235 g/mol. The number of hydrogen-bond acceptors (Lipinski definition) is 1. The van der Waals surface area contributed by atoms with Crippen LogP contribution in [0.15, 0.2) is 24.3 Å². The van der Waals surface area contributed by atoms with Crippen LogP contribution in [-0.4, -0.2) is 11.9 Å². The highest BCUT2D eigenvalue weighted by molar-refractivity contribution is 5.94. The van der Waals surface area contributed by atoms with Crippen LogP contribution in [0.2, 0.25) is 0 Å². The van der Waals surface area contributed by atoms with Crippen LogP contribution in [0.5, 0.6) is 0 Å². The summed E-state index contributed by atoms with van der Waals surface area (Å²) in [5.74, 6) is -0.420. The van der Waals surface area contributed by atoms with Crippen molar-refractivity contribution in [1.82, 2.24) is 5.32 Å². The van der Waals surface area contributed by atoms with E-state index in [-0.39, 0.29) is 17.8 Å². The predicted molar refractivity (Wildman–Crippen MR) is 65.3 cm³/mol. The van der Waals surface area contributed by atoms with Crippen molar-refractivity contribution >= 4 is 5.91 Å². The third-order valence-corrected chi connectivity index (χ3v) is 3.41. The highest BCUT2D eigenvalue weighted by Crippen LogP contribution is 2.36. The van der Waals surface area contributed by atoms with Gasteiger partial charge in [0.05, 0.1) is 0 Å². The van der Waals surface area contributed by atoms with E-state index in [0.717, 1.165) is 19.3 Å². The van der Waals surface area contributed by atoms with E-state index in [0.29, 0.717) is 11.0 Å². The molecule has 17 heavy (non-hydrogen) atoms. The van der Waals surface area contributed by atoms with Crippen molar-refractivity contribution in [3.8, 4) is 0 Å². The monoisotopic (exact) mass is 235 g/mol. The molecule has 1 unspecified atom stereocenters. The van der Waals surface area contributed by atoms with Gasteiger partial charge < -0.3 is 5.32 Å². The fourth-order valence-corrected chi connectivity index (χ4v) is 2.43. The van der Waals surface area contributed by atoms with Gasteiger partial charge in [-0.25, -0.2) is 4.39 Å². The van der Waals surface area contributed by atoms with Gasteiger partial charge in [-0.2, -0.15) is 0 Å². The van der Waals surface area contributed by atoms with Gasteiger partial charge in [-0.15, -0.1) is 0 Å². The van der Waals surface area contributed by atoms with Crippen molar-refractivity contribution < 1.29 is 9.18 Å². The Hall–Kier alpha value is -1.38. The van der Waals surface area contributed by atoms with Crippen LogP contribution in [0.3, 0.4) is 0 Å². The van der Waals surface area contributed by atoms with E-state index in [2.05, 4.69) is 19.2 Å². The molecule has 3 heteroatoms. The molecule has 1 N–H and O–H groups in total. The quantitative estimate of drug-likeness (QED) is 0.838. The van der Waals surface area contributed by atoms with E-state index in [1.54, 1.807) is 0 Å². The van der Waals surface area contributed by atoms with Crippen LogP contribution in [0.4, 0.5) is 4.39 Å². The van der Waals surface area contributed by atoms with Crippen molar-refractivity contribution in [1.29, 1.82) is 0 Å². The van der Waals surface area contributed by atoms with Gasteiger partial charge >= 0.3 is 0 Å². The van der Waals surface area contributed by atoms with E-state index in [1.165, 1.54) is 24.3 Å². The molecular formula is C14H18FNO. The standard InChI is InChI=1S/C14H18FNO/c1-14(2)8-7-12(9-14)16-13(17)10-3-5-11(15)6-4-10/h3-6,12H,7-9H2,1-2H3,(H,16,17). The molecule has 1 aromatic carbocycles. The molecule has 0 saturated heterocycles. The molecule has 0 heterocycles. The van der Waals surface area contributed by atoms with Gasteiger partial charge in [-0.1, -0.05) is 13.8 Å². The summed E-state index contributed by atoms with van der Waals surface area (Å²) >= 11 is 0. The average Bonchev–Trinajstić information content (AvgIpc) is 2.59. The lowest BCUT2D eigenvalue weighted by atomic mass is 9.92. The van der Waals surface area contributed by atoms with Gasteiger partial charge in [0.2, 0.25) is 0 Å². The summed E-state index contributed by atoms with van der Waals surface area (Å²) in [5, 5.41) is 3.01. The summed E-state index contributed by atoms with van der Waals surface area (Å²) in [6.07, 6.45) is 3.18. The third-order valence-electron chi connectivity index (χ3n) is 3.41. The second kappa shape index (κ2) is 4.47. The van der Waals surface area contributed by atoms with Gasteiger partial charge in [0, 0.05) is 11.6 Å². The molecule has 0 spiro atoms. The van der Waals surface area contributed by atoms with Gasteiger partial charge in [0.25, 0.3) is 5.91 Å². The maximum Gasteiger partial charge on any atom is 0.251 e. The Balaban J connectivity index is 1.96. The Morgan fingerprint density at radius 3 is 2.53 bits per heavy atom. The summed E-state index contributed by atoms with van der Waals surface area (Å²) < 4.78 is 12.7. The number of nitrogens with one attached hydrogen (secondary N) is 1. The largest absolute Gasteiger partial charge is 0.349 e. The van der Waals surface area contributed by atoms with Crippen LogP contribution in [-0.2, 0) is 0 Å². The Bertz CT molecular complexity index is 411.